The summed E-state index contributed by atoms with van der Waals surface area (Å²) in [6.07, 6.45) is 0. The molecule has 25 heavy (non-hydrogen) atoms. The Morgan fingerprint density at radius 1 is 0.960 bits per heavy atom. The van der Waals surface area contributed by atoms with Crippen LogP contribution in [0.3, 0.4) is 0 Å². The number of nitro groups is 1. The van der Waals surface area contributed by atoms with Crippen LogP contribution in [0, 0.1) is 10.1 Å². The maximum atomic E-state index is 12.1. The number of non-ortho nitro benzene ring substituents is 1. The van der Waals surface area contributed by atoms with E-state index in [-0.39, 0.29) is 23.2 Å². The molecule has 124 valence electrons. The highest BCUT2D eigenvalue weighted by molar-refractivity contribution is 6.02. The Morgan fingerprint density at radius 3 is 2.28 bits per heavy atom. The van der Waals surface area contributed by atoms with Gasteiger partial charge >= 0.3 is 0 Å². The second-order valence-electron chi connectivity index (χ2n) is 4.93. The lowest BCUT2D eigenvalue weighted by molar-refractivity contribution is -0.384. The van der Waals surface area contributed by atoms with Crippen molar-refractivity contribution in [3.8, 4) is 11.6 Å². The summed E-state index contributed by atoms with van der Waals surface area (Å²) in [5, 5.41) is 21.0. The number of para-hydroxylation sites is 1. The number of nitrogens with zero attached hydrogens (tertiary/aromatic N) is 3. The third-order valence-electron chi connectivity index (χ3n) is 3.17. The van der Waals surface area contributed by atoms with E-state index < -0.39 is 4.92 Å². The van der Waals surface area contributed by atoms with E-state index in [0.717, 1.165) is 0 Å². The second-order valence-corrected chi connectivity index (χ2v) is 4.93. The summed E-state index contributed by atoms with van der Waals surface area (Å²) in [6, 6.07) is 17.5. The van der Waals surface area contributed by atoms with Crippen LogP contribution in [0.15, 0.2) is 66.7 Å². The van der Waals surface area contributed by atoms with Gasteiger partial charge in [-0.3, -0.25) is 14.9 Å². The van der Waals surface area contributed by atoms with Crippen molar-refractivity contribution in [1.82, 2.24) is 10.2 Å². The van der Waals surface area contributed by atoms with Crippen LogP contribution >= 0.6 is 0 Å². The molecule has 0 saturated carbocycles. The number of carbonyl (C=O) groups excluding carboxylic acids is 1. The zero-order valence-corrected chi connectivity index (χ0v) is 12.8. The number of anilines is 1. The highest BCUT2D eigenvalue weighted by Gasteiger charge is 2.10. The predicted molar refractivity (Wildman–Crippen MR) is 89.6 cm³/mol. The van der Waals surface area contributed by atoms with Gasteiger partial charge in [-0.2, -0.15) is 0 Å². The molecule has 1 aromatic heterocycles. The van der Waals surface area contributed by atoms with E-state index in [9.17, 15) is 14.9 Å². The zero-order valence-electron chi connectivity index (χ0n) is 12.8. The Kier molecular flexibility index (Phi) is 4.61. The molecule has 0 bridgehead atoms. The molecule has 0 saturated heterocycles. The topological polar surface area (TPSA) is 107 Å². The SMILES string of the molecule is O=C(Nc1ccccc1)c1ccc(Oc2ccc([N+](=O)[O-])cc2)nn1. The van der Waals surface area contributed by atoms with Crippen molar-refractivity contribution in [1.29, 1.82) is 0 Å². The van der Waals surface area contributed by atoms with Crippen molar-refractivity contribution in [2.24, 2.45) is 0 Å². The van der Waals surface area contributed by atoms with Gasteiger partial charge in [0.2, 0.25) is 5.88 Å². The van der Waals surface area contributed by atoms with Gasteiger partial charge in [0.1, 0.15) is 5.75 Å². The number of nitrogens with one attached hydrogen (secondary N) is 1. The standard InChI is InChI=1S/C17H12N4O4/c22-17(18-12-4-2-1-3-5-12)15-10-11-16(20-19-15)25-14-8-6-13(7-9-14)21(23)24/h1-11H,(H,18,22). The van der Waals surface area contributed by atoms with Crippen molar-refractivity contribution >= 4 is 17.3 Å². The molecule has 0 aliphatic heterocycles. The predicted octanol–water partition coefficient (Wildman–Crippen LogP) is 3.43. The summed E-state index contributed by atoms with van der Waals surface area (Å²) < 4.78 is 5.44. The van der Waals surface area contributed by atoms with Gasteiger partial charge in [0.15, 0.2) is 5.69 Å². The summed E-state index contributed by atoms with van der Waals surface area (Å²) in [5.41, 5.74) is 0.756. The van der Waals surface area contributed by atoms with Crippen molar-refractivity contribution < 1.29 is 14.5 Å². The fraction of sp³-hybridized carbons (Fsp3) is 0. The fourth-order valence-electron chi connectivity index (χ4n) is 1.97. The molecule has 2 aromatic carbocycles. The summed E-state index contributed by atoms with van der Waals surface area (Å²) in [6.45, 7) is 0. The minimum atomic E-state index is -0.496. The minimum absolute atomic E-state index is 0.0358. The van der Waals surface area contributed by atoms with Gasteiger partial charge in [-0.25, -0.2) is 0 Å². The molecule has 0 aliphatic rings. The highest BCUT2D eigenvalue weighted by Crippen LogP contribution is 2.22. The van der Waals surface area contributed by atoms with Crippen LogP contribution in [0.25, 0.3) is 0 Å². The molecule has 0 fully saturated rings. The number of aromatic nitrogens is 2. The van der Waals surface area contributed by atoms with E-state index >= 15 is 0 Å². The summed E-state index contributed by atoms with van der Waals surface area (Å²) >= 11 is 0. The molecular weight excluding hydrogens is 324 g/mol. The van der Waals surface area contributed by atoms with Gasteiger partial charge in [0.25, 0.3) is 11.6 Å². The molecule has 1 amide bonds. The van der Waals surface area contributed by atoms with Crippen LogP contribution in [-0.4, -0.2) is 21.0 Å². The van der Waals surface area contributed by atoms with Crippen LogP contribution in [0.4, 0.5) is 11.4 Å². The third-order valence-corrected chi connectivity index (χ3v) is 3.17. The summed E-state index contributed by atoms with van der Waals surface area (Å²) in [5.74, 6) is 0.159. The Balaban J connectivity index is 1.65. The number of benzene rings is 2. The Hall–Kier alpha value is -3.81. The van der Waals surface area contributed by atoms with Gasteiger partial charge in [0, 0.05) is 23.9 Å². The van der Waals surface area contributed by atoms with E-state index in [1.54, 1.807) is 12.1 Å². The molecule has 0 unspecified atom stereocenters. The van der Waals surface area contributed by atoms with E-state index in [0.29, 0.717) is 11.4 Å². The number of hydrogen-bond donors (Lipinski definition) is 1. The molecule has 0 spiro atoms. The van der Waals surface area contributed by atoms with Crippen molar-refractivity contribution in [2.75, 3.05) is 5.32 Å². The van der Waals surface area contributed by atoms with E-state index in [4.69, 9.17) is 4.74 Å². The van der Waals surface area contributed by atoms with Crippen molar-refractivity contribution in [3.63, 3.8) is 0 Å². The Bertz CT molecular complexity index is 881. The first-order valence-electron chi connectivity index (χ1n) is 7.24. The van der Waals surface area contributed by atoms with E-state index in [1.165, 1.54) is 36.4 Å². The molecule has 3 rings (SSSR count). The number of amides is 1. The molecule has 8 heteroatoms. The monoisotopic (exact) mass is 336 g/mol. The lowest BCUT2D eigenvalue weighted by Gasteiger charge is -2.06. The number of ether oxygens (including phenoxy) is 1. The van der Waals surface area contributed by atoms with Crippen LogP contribution in [-0.2, 0) is 0 Å². The Labute approximate surface area is 142 Å². The van der Waals surface area contributed by atoms with E-state index in [2.05, 4.69) is 15.5 Å². The van der Waals surface area contributed by atoms with Crippen LogP contribution in [0.2, 0.25) is 0 Å². The molecule has 0 atom stereocenters. The smallest absolute Gasteiger partial charge is 0.276 e. The first-order chi connectivity index (χ1) is 12.1. The van der Waals surface area contributed by atoms with Crippen LogP contribution < -0.4 is 10.1 Å². The normalized spacial score (nSPS) is 10.1. The van der Waals surface area contributed by atoms with Gasteiger partial charge in [-0.1, -0.05) is 18.2 Å². The van der Waals surface area contributed by atoms with Crippen LogP contribution in [0.1, 0.15) is 10.5 Å². The molecule has 3 aromatic rings. The lowest BCUT2D eigenvalue weighted by atomic mass is 10.3. The third kappa shape index (κ3) is 4.14. The second kappa shape index (κ2) is 7.18. The van der Waals surface area contributed by atoms with Gasteiger partial charge in [-0.05, 0) is 30.3 Å². The number of carbonyl (C=O) groups is 1. The number of nitro benzene ring substituents is 1. The average molecular weight is 336 g/mol. The van der Waals surface area contributed by atoms with Crippen molar-refractivity contribution in [2.45, 2.75) is 0 Å². The summed E-state index contributed by atoms with van der Waals surface area (Å²) in [4.78, 5) is 22.2. The number of hydrogen-bond acceptors (Lipinski definition) is 6. The maximum absolute atomic E-state index is 12.1. The number of rotatable bonds is 5. The molecular formula is C17H12N4O4. The first kappa shape index (κ1) is 16.1. The van der Waals surface area contributed by atoms with Gasteiger partial charge < -0.3 is 10.1 Å². The first-order valence-corrected chi connectivity index (χ1v) is 7.24. The molecule has 1 heterocycles. The largest absolute Gasteiger partial charge is 0.438 e. The van der Waals surface area contributed by atoms with E-state index in [1.807, 2.05) is 18.2 Å². The quantitative estimate of drug-likeness (QED) is 0.565. The minimum Gasteiger partial charge on any atom is -0.438 e. The lowest BCUT2D eigenvalue weighted by Crippen LogP contribution is -2.14. The fourth-order valence-corrected chi connectivity index (χ4v) is 1.97. The van der Waals surface area contributed by atoms with Crippen LogP contribution in [0.5, 0.6) is 11.6 Å². The Morgan fingerprint density at radius 2 is 1.68 bits per heavy atom. The molecule has 8 nitrogen and oxygen atoms in total. The summed E-state index contributed by atoms with van der Waals surface area (Å²) in [7, 11) is 0. The molecule has 0 radical (unpaired) electrons. The average Bonchev–Trinajstić information content (AvgIpc) is 2.63. The highest BCUT2D eigenvalue weighted by atomic mass is 16.6. The maximum Gasteiger partial charge on any atom is 0.276 e. The molecule has 0 aliphatic carbocycles. The zero-order chi connectivity index (χ0) is 17.6. The molecule has 1 N–H and O–H groups in total. The van der Waals surface area contributed by atoms with Crippen molar-refractivity contribution in [3.05, 3.63) is 82.5 Å². The van der Waals surface area contributed by atoms with Gasteiger partial charge in [-0.15, -0.1) is 10.2 Å². The van der Waals surface area contributed by atoms with Gasteiger partial charge in [0.05, 0.1) is 4.92 Å².